The molecule has 0 aliphatic heterocycles. The van der Waals surface area contributed by atoms with Crippen molar-refractivity contribution in [2.24, 2.45) is 0 Å². The van der Waals surface area contributed by atoms with Gasteiger partial charge in [-0.3, -0.25) is 4.79 Å². The van der Waals surface area contributed by atoms with Gasteiger partial charge in [0.15, 0.2) is 0 Å². The van der Waals surface area contributed by atoms with Gasteiger partial charge in [0.1, 0.15) is 11.5 Å². The third-order valence-electron chi connectivity index (χ3n) is 4.13. The van der Waals surface area contributed by atoms with Crippen molar-refractivity contribution in [1.29, 1.82) is 0 Å². The summed E-state index contributed by atoms with van der Waals surface area (Å²) in [5, 5.41) is 3.03. The standard InChI is InChI=1S/C21H27BrN2O3/c1-14(2)27-20-12-16(22)8-11-18(20)21(25)23-13-19(24(3)4)15-6-9-17(26-5)10-7-15/h6-12,14,19H,13H2,1-5H3,(H,23,25). The quantitative estimate of drug-likeness (QED) is 0.673. The monoisotopic (exact) mass is 434 g/mol. The SMILES string of the molecule is COc1ccc(C(CNC(=O)c2ccc(Br)cc2OC(C)C)N(C)C)cc1. The molecule has 0 aliphatic rings. The Labute approximate surface area is 169 Å². The number of rotatable bonds is 8. The first-order chi connectivity index (χ1) is 12.8. The lowest BCUT2D eigenvalue weighted by Crippen LogP contribution is -2.34. The van der Waals surface area contributed by atoms with Crippen LogP contribution in [0.1, 0.15) is 35.8 Å². The van der Waals surface area contributed by atoms with Crippen LogP contribution in [-0.2, 0) is 0 Å². The first-order valence-corrected chi connectivity index (χ1v) is 9.66. The molecule has 2 rings (SSSR count). The maximum Gasteiger partial charge on any atom is 0.255 e. The number of hydrogen-bond donors (Lipinski definition) is 1. The second-order valence-corrected chi connectivity index (χ2v) is 7.69. The molecule has 5 nitrogen and oxygen atoms in total. The van der Waals surface area contributed by atoms with Gasteiger partial charge in [-0.25, -0.2) is 0 Å². The lowest BCUT2D eigenvalue weighted by molar-refractivity contribution is 0.0936. The van der Waals surface area contributed by atoms with Crippen LogP contribution in [0, 0.1) is 0 Å². The van der Waals surface area contributed by atoms with E-state index in [1.165, 1.54) is 0 Å². The molecule has 6 heteroatoms. The molecule has 1 unspecified atom stereocenters. The van der Waals surface area contributed by atoms with E-state index in [9.17, 15) is 4.79 Å². The van der Waals surface area contributed by atoms with Crippen molar-refractivity contribution in [2.75, 3.05) is 27.7 Å². The van der Waals surface area contributed by atoms with Crippen LogP contribution in [0.5, 0.6) is 11.5 Å². The third-order valence-corrected chi connectivity index (χ3v) is 4.62. The Kier molecular flexibility index (Phi) is 7.68. The molecular weight excluding hydrogens is 408 g/mol. The zero-order valence-electron chi connectivity index (χ0n) is 16.5. The van der Waals surface area contributed by atoms with E-state index in [0.717, 1.165) is 15.8 Å². The van der Waals surface area contributed by atoms with Crippen LogP contribution in [0.3, 0.4) is 0 Å². The summed E-state index contributed by atoms with van der Waals surface area (Å²) in [5.74, 6) is 1.23. The highest BCUT2D eigenvalue weighted by atomic mass is 79.9. The molecule has 1 N–H and O–H groups in total. The number of methoxy groups -OCH3 is 1. The summed E-state index contributed by atoms with van der Waals surface area (Å²) in [6.07, 6.45) is -0.0142. The Morgan fingerprint density at radius 1 is 1.15 bits per heavy atom. The molecule has 2 aromatic carbocycles. The molecule has 0 bridgehead atoms. The number of hydrogen-bond acceptors (Lipinski definition) is 4. The Bertz CT molecular complexity index is 761. The van der Waals surface area contributed by atoms with Crippen molar-refractivity contribution in [1.82, 2.24) is 10.2 Å². The molecule has 0 fully saturated rings. The second kappa shape index (κ2) is 9.76. The van der Waals surface area contributed by atoms with Crippen molar-refractivity contribution in [2.45, 2.75) is 26.0 Å². The smallest absolute Gasteiger partial charge is 0.255 e. The van der Waals surface area contributed by atoms with E-state index in [2.05, 4.69) is 26.1 Å². The Morgan fingerprint density at radius 2 is 1.81 bits per heavy atom. The van der Waals surface area contributed by atoms with Crippen LogP contribution in [0.25, 0.3) is 0 Å². The second-order valence-electron chi connectivity index (χ2n) is 6.77. The van der Waals surface area contributed by atoms with Gasteiger partial charge in [-0.1, -0.05) is 28.1 Å². The molecule has 146 valence electrons. The highest BCUT2D eigenvalue weighted by Gasteiger charge is 2.18. The number of benzene rings is 2. The fraction of sp³-hybridized carbons (Fsp3) is 0.381. The predicted molar refractivity (Wildman–Crippen MR) is 112 cm³/mol. The molecule has 1 atom stereocenters. The number of ether oxygens (including phenoxy) is 2. The molecule has 0 aromatic heterocycles. The summed E-state index contributed by atoms with van der Waals surface area (Å²) in [4.78, 5) is 14.9. The highest BCUT2D eigenvalue weighted by molar-refractivity contribution is 9.10. The first-order valence-electron chi connectivity index (χ1n) is 8.86. The van der Waals surface area contributed by atoms with Crippen molar-refractivity contribution in [3.8, 4) is 11.5 Å². The maximum atomic E-state index is 12.8. The minimum Gasteiger partial charge on any atom is -0.497 e. The summed E-state index contributed by atoms with van der Waals surface area (Å²) in [6.45, 7) is 4.36. The molecule has 0 aliphatic carbocycles. The normalized spacial score (nSPS) is 12.1. The minimum atomic E-state index is -0.154. The topological polar surface area (TPSA) is 50.8 Å². The Morgan fingerprint density at radius 3 is 2.37 bits per heavy atom. The summed E-state index contributed by atoms with van der Waals surface area (Å²) in [5.41, 5.74) is 1.63. The Balaban J connectivity index is 2.14. The molecule has 0 spiro atoms. The molecule has 2 aromatic rings. The van der Waals surface area contributed by atoms with Crippen LogP contribution >= 0.6 is 15.9 Å². The number of halogens is 1. The van der Waals surface area contributed by atoms with E-state index < -0.39 is 0 Å². The van der Waals surface area contributed by atoms with Crippen LogP contribution in [0.4, 0.5) is 0 Å². The van der Waals surface area contributed by atoms with Gasteiger partial charge in [-0.2, -0.15) is 0 Å². The van der Waals surface area contributed by atoms with Crippen molar-refractivity contribution in [3.05, 3.63) is 58.1 Å². The van der Waals surface area contributed by atoms with Crippen molar-refractivity contribution < 1.29 is 14.3 Å². The number of likely N-dealkylation sites (N-methyl/N-ethyl adjacent to an activating group) is 1. The largest absolute Gasteiger partial charge is 0.497 e. The molecule has 1 amide bonds. The van der Waals surface area contributed by atoms with Gasteiger partial charge in [0.05, 0.1) is 24.8 Å². The molecule has 0 heterocycles. The van der Waals surface area contributed by atoms with Crippen molar-refractivity contribution in [3.63, 3.8) is 0 Å². The van der Waals surface area contributed by atoms with Crippen LogP contribution in [-0.4, -0.2) is 44.7 Å². The Hall–Kier alpha value is -2.05. The summed E-state index contributed by atoms with van der Waals surface area (Å²) < 4.78 is 11.9. The van der Waals surface area contributed by atoms with E-state index >= 15 is 0 Å². The molecule has 27 heavy (non-hydrogen) atoms. The van der Waals surface area contributed by atoms with Gasteiger partial charge < -0.3 is 19.7 Å². The lowest BCUT2D eigenvalue weighted by atomic mass is 10.1. The highest BCUT2D eigenvalue weighted by Crippen LogP contribution is 2.25. The number of amides is 1. The van der Waals surface area contributed by atoms with Gasteiger partial charge >= 0.3 is 0 Å². The average molecular weight is 435 g/mol. The molecular formula is C21H27BrN2O3. The minimum absolute atomic E-state index is 0.0142. The summed E-state index contributed by atoms with van der Waals surface area (Å²) in [7, 11) is 5.63. The number of nitrogens with one attached hydrogen (secondary N) is 1. The molecule has 0 saturated heterocycles. The third kappa shape index (κ3) is 5.97. The molecule has 0 radical (unpaired) electrons. The summed E-state index contributed by atoms with van der Waals surface area (Å²) in [6, 6.07) is 13.4. The van der Waals surface area contributed by atoms with Gasteiger partial charge in [-0.15, -0.1) is 0 Å². The maximum absolute atomic E-state index is 12.8. The number of carbonyl (C=O) groups excluding carboxylic acids is 1. The van der Waals surface area contributed by atoms with Gasteiger partial charge in [0.2, 0.25) is 0 Å². The van der Waals surface area contributed by atoms with E-state index in [1.807, 2.05) is 64.3 Å². The van der Waals surface area contributed by atoms with Gasteiger partial charge in [0, 0.05) is 11.0 Å². The van der Waals surface area contributed by atoms with Crippen LogP contribution in [0.15, 0.2) is 46.9 Å². The van der Waals surface area contributed by atoms with Crippen LogP contribution in [0.2, 0.25) is 0 Å². The average Bonchev–Trinajstić information content (AvgIpc) is 2.61. The van der Waals surface area contributed by atoms with E-state index in [-0.39, 0.29) is 18.1 Å². The van der Waals surface area contributed by atoms with E-state index in [1.54, 1.807) is 13.2 Å². The predicted octanol–water partition coefficient (Wildman–Crippen LogP) is 4.28. The van der Waals surface area contributed by atoms with Crippen LogP contribution < -0.4 is 14.8 Å². The van der Waals surface area contributed by atoms with E-state index in [0.29, 0.717) is 17.9 Å². The zero-order valence-corrected chi connectivity index (χ0v) is 18.0. The number of nitrogens with zero attached hydrogens (tertiary/aromatic N) is 1. The first kappa shape index (κ1) is 21.3. The van der Waals surface area contributed by atoms with Gasteiger partial charge in [-0.05, 0) is 63.8 Å². The fourth-order valence-electron chi connectivity index (χ4n) is 2.74. The van der Waals surface area contributed by atoms with Gasteiger partial charge in [0.25, 0.3) is 5.91 Å². The lowest BCUT2D eigenvalue weighted by Gasteiger charge is -2.25. The summed E-state index contributed by atoms with van der Waals surface area (Å²) >= 11 is 3.43. The zero-order chi connectivity index (χ0) is 20.0. The molecule has 0 saturated carbocycles. The fourth-order valence-corrected chi connectivity index (χ4v) is 3.08. The van der Waals surface area contributed by atoms with Crippen molar-refractivity contribution >= 4 is 21.8 Å². The number of carbonyl (C=O) groups is 1. The van der Waals surface area contributed by atoms with E-state index in [4.69, 9.17) is 9.47 Å².